The molecule has 0 radical (unpaired) electrons. The molecule has 1 fully saturated rings. The number of non-ortho nitro benzene ring substituents is 1. The van der Waals surface area contributed by atoms with Gasteiger partial charge in [-0.3, -0.25) is 10.1 Å². The number of benzene rings is 1. The largest absolute Gasteiger partial charge is 0.474 e. The fourth-order valence-electron chi connectivity index (χ4n) is 3.71. The van der Waals surface area contributed by atoms with Crippen molar-refractivity contribution >= 4 is 11.4 Å². The highest BCUT2D eigenvalue weighted by atomic mass is 16.7. The number of nitro groups is 1. The van der Waals surface area contributed by atoms with E-state index in [9.17, 15) is 10.1 Å². The van der Waals surface area contributed by atoms with E-state index in [1.54, 1.807) is 18.2 Å². The Morgan fingerprint density at radius 2 is 1.85 bits per heavy atom. The first-order valence-electron chi connectivity index (χ1n) is 11.8. The van der Waals surface area contributed by atoms with Crippen molar-refractivity contribution in [3.8, 4) is 23.7 Å². The van der Waals surface area contributed by atoms with Crippen molar-refractivity contribution in [2.24, 2.45) is 0 Å². The Bertz CT molecular complexity index is 958. The van der Waals surface area contributed by atoms with Crippen molar-refractivity contribution in [3.63, 3.8) is 0 Å². The minimum absolute atomic E-state index is 0.00523. The molecule has 0 bridgehead atoms. The normalized spacial score (nSPS) is 19.1. The van der Waals surface area contributed by atoms with Crippen LogP contribution < -0.4 is 0 Å². The van der Waals surface area contributed by atoms with Gasteiger partial charge in [0.1, 0.15) is 5.76 Å². The summed E-state index contributed by atoms with van der Waals surface area (Å²) in [7, 11) is 0. The lowest BCUT2D eigenvalue weighted by atomic mass is 10.0. The Balaban J connectivity index is 1.87. The molecule has 1 aliphatic rings. The van der Waals surface area contributed by atoms with Gasteiger partial charge in [0.15, 0.2) is 11.9 Å². The van der Waals surface area contributed by atoms with Crippen molar-refractivity contribution in [2.45, 2.75) is 89.8 Å². The van der Waals surface area contributed by atoms with Gasteiger partial charge in [-0.25, -0.2) is 0 Å². The summed E-state index contributed by atoms with van der Waals surface area (Å²) >= 11 is 0. The van der Waals surface area contributed by atoms with E-state index in [2.05, 4.69) is 43.8 Å². The number of nitrogens with zero attached hydrogens (tertiary/aromatic N) is 1. The Morgan fingerprint density at radius 3 is 2.50 bits per heavy atom. The molecular weight excluding hydrogens is 430 g/mol. The van der Waals surface area contributed by atoms with Crippen LogP contribution >= 0.6 is 0 Å². The molecule has 0 aromatic heterocycles. The predicted octanol–water partition coefficient (Wildman–Crippen LogP) is 6.41. The molecule has 1 aromatic carbocycles. The number of unbranched alkanes of at least 4 members (excludes halogenated alkanes) is 4. The second kappa shape index (κ2) is 13.6. The van der Waals surface area contributed by atoms with Gasteiger partial charge in [0.05, 0.1) is 17.1 Å². The van der Waals surface area contributed by atoms with E-state index in [-0.39, 0.29) is 17.9 Å². The fourth-order valence-corrected chi connectivity index (χ4v) is 3.71. The molecule has 0 N–H and O–H groups in total. The average Bonchev–Trinajstić information content (AvgIpc) is 3.10. The van der Waals surface area contributed by atoms with Gasteiger partial charge in [-0.15, -0.1) is 0 Å². The minimum Gasteiger partial charge on any atom is -0.474 e. The summed E-state index contributed by atoms with van der Waals surface area (Å²) in [5.41, 5.74) is 0.637. The van der Waals surface area contributed by atoms with E-state index >= 15 is 0 Å². The van der Waals surface area contributed by atoms with Crippen LogP contribution in [0.4, 0.5) is 5.69 Å². The third-order valence-electron chi connectivity index (χ3n) is 5.43. The molecule has 6 nitrogen and oxygen atoms in total. The molecule has 0 aliphatic carbocycles. The van der Waals surface area contributed by atoms with Crippen LogP contribution in [0.3, 0.4) is 0 Å². The van der Waals surface area contributed by atoms with E-state index in [0.717, 1.165) is 12.8 Å². The Kier molecular flexibility index (Phi) is 10.9. The minimum atomic E-state index is -0.599. The number of hydrogen-bond acceptors (Lipinski definition) is 5. The molecule has 1 heterocycles. The van der Waals surface area contributed by atoms with Gasteiger partial charge in [-0.1, -0.05) is 58.1 Å². The van der Waals surface area contributed by atoms with E-state index < -0.39 is 16.8 Å². The van der Waals surface area contributed by atoms with Gasteiger partial charge in [0, 0.05) is 24.1 Å². The zero-order valence-electron chi connectivity index (χ0n) is 20.5. The summed E-state index contributed by atoms with van der Waals surface area (Å²) in [5.74, 6) is 11.4. The second-order valence-electron chi connectivity index (χ2n) is 8.69. The smallest absolute Gasteiger partial charge is 0.269 e. The highest BCUT2D eigenvalue weighted by Crippen LogP contribution is 2.32. The molecular formula is C28H35NO5. The lowest BCUT2D eigenvalue weighted by molar-refractivity contribution is -0.384. The summed E-state index contributed by atoms with van der Waals surface area (Å²) in [4.78, 5) is 10.3. The third-order valence-corrected chi connectivity index (χ3v) is 5.43. The highest BCUT2D eigenvalue weighted by molar-refractivity contribution is 5.59. The van der Waals surface area contributed by atoms with E-state index in [1.807, 2.05) is 13.8 Å². The van der Waals surface area contributed by atoms with Crippen LogP contribution in [0.25, 0.3) is 5.76 Å². The Hall–Kier alpha value is -3.06. The number of hydrogen-bond donors (Lipinski definition) is 0. The van der Waals surface area contributed by atoms with Crippen LogP contribution in [0, 0.1) is 33.8 Å². The molecule has 182 valence electrons. The predicted molar refractivity (Wildman–Crippen MR) is 135 cm³/mol. The number of nitro benzene ring substituents is 1. The molecule has 6 heteroatoms. The topological polar surface area (TPSA) is 70.8 Å². The lowest BCUT2D eigenvalue weighted by Crippen LogP contribution is -2.21. The molecule has 3 atom stereocenters. The molecule has 34 heavy (non-hydrogen) atoms. The van der Waals surface area contributed by atoms with Gasteiger partial charge in [-0.05, 0) is 56.2 Å². The first-order chi connectivity index (χ1) is 16.3. The molecule has 0 saturated carbocycles. The molecule has 0 amide bonds. The molecule has 2 rings (SSSR count). The van der Waals surface area contributed by atoms with E-state index in [1.165, 1.54) is 37.8 Å². The van der Waals surface area contributed by atoms with Crippen molar-refractivity contribution < 1.29 is 19.1 Å². The molecule has 1 aromatic rings. The first kappa shape index (κ1) is 27.2. The van der Waals surface area contributed by atoms with Crippen molar-refractivity contribution in [2.75, 3.05) is 0 Å². The third kappa shape index (κ3) is 9.06. The summed E-state index contributed by atoms with van der Waals surface area (Å²) in [6.45, 7) is 13.7. The standard InChI is InChI=1S/C28H35NO5/c1-6-8-9-10-13-16-26-27(34-28(4,5)33-26)17-14-11-12-15-25(7-2)32-22(3)23-18-20-24(21-19-23)29(30)31/h7,18-21,25-27H,2-3,6,8-10,13,16-17H2,1,4-5H3/t25-,26+,27+/m0/s1. The molecule has 1 aliphatic heterocycles. The van der Waals surface area contributed by atoms with E-state index in [4.69, 9.17) is 14.2 Å². The van der Waals surface area contributed by atoms with Crippen LogP contribution in [0.5, 0.6) is 0 Å². The maximum absolute atomic E-state index is 10.8. The Morgan fingerprint density at radius 1 is 1.18 bits per heavy atom. The van der Waals surface area contributed by atoms with Gasteiger partial charge in [0.2, 0.25) is 0 Å². The second-order valence-corrected chi connectivity index (χ2v) is 8.69. The van der Waals surface area contributed by atoms with Gasteiger partial charge in [0.25, 0.3) is 5.69 Å². The van der Waals surface area contributed by atoms with E-state index in [0.29, 0.717) is 17.7 Å². The number of rotatable bonds is 12. The molecule has 0 spiro atoms. The zero-order chi connectivity index (χ0) is 25.0. The maximum atomic E-state index is 10.8. The van der Waals surface area contributed by atoms with Crippen LogP contribution in [0.15, 0.2) is 43.5 Å². The van der Waals surface area contributed by atoms with Gasteiger partial charge >= 0.3 is 0 Å². The molecule has 1 saturated heterocycles. The van der Waals surface area contributed by atoms with Crippen LogP contribution in [-0.4, -0.2) is 29.0 Å². The quantitative estimate of drug-likeness (QED) is 0.0890. The fraction of sp³-hybridized carbons (Fsp3) is 0.500. The Labute approximate surface area is 203 Å². The van der Waals surface area contributed by atoms with Crippen molar-refractivity contribution in [1.82, 2.24) is 0 Å². The first-order valence-corrected chi connectivity index (χ1v) is 11.8. The monoisotopic (exact) mass is 465 g/mol. The van der Waals surface area contributed by atoms with Gasteiger partial charge < -0.3 is 14.2 Å². The van der Waals surface area contributed by atoms with Crippen molar-refractivity contribution in [3.05, 3.63) is 59.2 Å². The highest BCUT2D eigenvalue weighted by Gasteiger charge is 2.40. The summed E-state index contributed by atoms with van der Waals surface area (Å²) in [6.07, 6.45) is 8.57. The van der Waals surface area contributed by atoms with Crippen LogP contribution in [0.2, 0.25) is 0 Å². The average molecular weight is 466 g/mol. The number of ether oxygens (including phenoxy) is 3. The van der Waals surface area contributed by atoms with Crippen molar-refractivity contribution in [1.29, 1.82) is 0 Å². The SMILES string of the molecule is C=C[C@@H](C#CC#CC[C@H]1OC(C)(C)O[C@@H]1CCCCCCC)OC(=C)c1ccc([N+](=O)[O-])cc1. The maximum Gasteiger partial charge on any atom is 0.269 e. The lowest BCUT2D eigenvalue weighted by Gasteiger charge is -2.16. The van der Waals surface area contributed by atoms with Crippen LogP contribution in [-0.2, 0) is 14.2 Å². The summed E-state index contributed by atoms with van der Waals surface area (Å²) in [5, 5.41) is 10.8. The molecule has 0 unspecified atom stereocenters. The van der Waals surface area contributed by atoms with Crippen LogP contribution in [0.1, 0.15) is 71.3 Å². The summed E-state index contributed by atoms with van der Waals surface area (Å²) < 4.78 is 17.8. The summed E-state index contributed by atoms with van der Waals surface area (Å²) in [6, 6.07) is 5.97. The van der Waals surface area contributed by atoms with Gasteiger partial charge in [-0.2, -0.15) is 0 Å². The zero-order valence-corrected chi connectivity index (χ0v) is 20.5.